The third-order valence-corrected chi connectivity index (χ3v) is 6.94. The van der Waals surface area contributed by atoms with Crippen molar-refractivity contribution in [2.24, 2.45) is 5.73 Å². The largest absolute Gasteiger partial charge is 0.326 e. The Labute approximate surface area is 114 Å². The fourth-order valence-electron chi connectivity index (χ4n) is 1.86. The zero-order valence-corrected chi connectivity index (χ0v) is 13.1. The van der Waals surface area contributed by atoms with Gasteiger partial charge in [0, 0.05) is 24.0 Å². The van der Waals surface area contributed by atoms with E-state index in [1.54, 1.807) is 10.4 Å². The van der Waals surface area contributed by atoms with Crippen molar-refractivity contribution in [1.82, 2.24) is 4.31 Å². The molecule has 0 aliphatic heterocycles. The highest BCUT2D eigenvalue weighted by molar-refractivity contribution is 7.91. The lowest BCUT2D eigenvalue weighted by Gasteiger charge is -2.25. The van der Waals surface area contributed by atoms with Crippen LogP contribution >= 0.6 is 11.3 Å². The lowest BCUT2D eigenvalue weighted by atomic mass is 10.3. The van der Waals surface area contributed by atoms with Gasteiger partial charge in [-0.2, -0.15) is 4.31 Å². The summed E-state index contributed by atoms with van der Waals surface area (Å²) in [6.45, 7) is 8.58. The fraction of sp³-hybridized carbons (Fsp3) is 0.667. The average Bonchev–Trinajstić information content (AvgIpc) is 2.71. The van der Waals surface area contributed by atoms with Gasteiger partial charge in [0.25, 0.3) is 10.0 Å². The molecule has 1 rings (SSSR count). The highest BCUT2D eigenvalue weighted by atomic mass is 32.2. The van der Waals surface area contributed by atoms with Crippen LogP contribution in [0.25, 0.3) is 0 Å². The minimum Gasteiger partial charge on any atom is -0.326 e. The molecule has 104 valence electrons. The minimum absolute atomic E-state index is 0.0173. The predicted molar refractivity (Wildman–Crippen MR) is 76.3 cm³/mol. The highest BCUT2D eigenvalue weighted by Crippen LogP contribution is 2.29. The number of rotatable bonds is 6. The quantitative estimate of drug-likeness (QED) is 0.874. The molecule has 0 saturated carbocycles. The molecule has 18 heavy (non-hydrogen) atoms. The Hall–Kier alpha value is -0.430. The van der Waals surface area contributed by atoms with E-state index in [1.807, 2.05) is 27.7 Å². The Morgan fingerprint density at radius 2 is 2.06 bits per heavy atom. The van der Waals surface area contributed by atoms with Gasteiger partial charge in [-0.3, -0.25) is 0 Å². The topological polar surface area (TPSA) is 63.4 Å². The number of nitrogens with zero attached hydrogens (tertiary/aromatic N) is 1. The number of hydrogen-bond donors (Lipinski definition) is 1. The predicted octanol–water partition coefficient (Wildman–Crippen LogP) is 2.32. The molecule has 2 N–H and O–H groups in total. The molecule has 0 aromatic carbocycles. The molecule has 1 unspecified atom stereocenters. The standard InChI is InChI=1S/C12H22N2O2S2/c1-5-10(4)14(6-2)18(15,16)12-7-9(3)11(8-13)17-12/h7,10H,5-6,8,13H2,1-4H3. The van der Waals surface area contributed by atoms with E-state index in [4.69, 9.17) is 5.73 Å². The molecule has 0 aliphatic carbocycles. The van der Waals surface area contributed by atoms with Crippen molar-refractivity contribution in [2.75, 3.05) is 6.54 Å². The summed E-state index contributed by atoms with van der Waals surface area (Å²) < 4.78 is 27.0. The Morgan fingerprint density at radius 1 is 1.44 bits per heavy atom. The molecule has 4 nitrogen and oxygen atoms in total. The Kier molecular flexibility index (Phi) is 5.33. The molecule has 1 atom stereocenters. The van der Waals surface area contributed by atoms with E-state index in [2.05, 4.69) is 0 Å². The third kappa shape index (κ3) is 2.93. The monoisotopic (exact) mass is 290 g/mol. The number of aryl methyl sites for hydroxylation is 1. The van der Waals surface area contributed by atoms with Gasteiger partial charge in [-0.25, -0.2) is 8.42 Å². The molecule has 0 spiro atoms. The maximum Gasteiger partial charge on any atom is 0.252 e. The number of hydrogen-bond acceptors (Lipinski definition) is 4. The summed E-state index contributed by atoms with van der Waals surface area (Å²) in [4.78, 5) is 0.939. The van der Waals surface area contributed by atoms with Gasteiger partial charge in [0.05, 0.1) is 0 Å². The van der Waals surface area contributed by atoms with Crippen molar-refractivity contribution in [2.45, 2.75) is 50.9 Å². The van der Waals surface area contributed by atoms with Gasteiger partial charge in [-0.1, -0.05) is 13.8 Å². The molecule has 0 bridgehead atoms. The van der Waals surface area contributed by atoms with Gasteiger partial charge in [-0.05, 0) is 31.9 Å². The lowest BCUT2D eigenvalue weighted by Crippen LogP contribution is -2.37. The van der Waals surface area contributed by atoms with Gasteiger partial charge in [0.1, 0.15) is 4.21 Å². The summed E-state index contributed by atoms with van der Waals surface area (Å²) in [5, 5.41) is 0. The maximum absolute atomic E-state index is 12.5. The SMILES string of the molecule is CCC(C)N(CC)S(=O)(=O)c1cc(C)c(CN)s1. The second-order valence-corrected chi connectivity index (χ2v) is 7.60. The third-order valence-electron chi connectivity index (χ3n) is 3.14. The first-order valence-electron chi connectivity index (χ1n) is 6.19. The Balaban J connectivity index is 3.18. The second kappa shape index (κ2) is 6.14. The first-order chi connectivity index (χ1) is 8.38. The number of nitrogens with two attached hydrogens (primary N) is 1. The Bertz CT molecular complexity index is 494. The van der Waals surface area contributed by atoms with Crippen LogP contribution in [-0.2, 0) is 16.6 Å². The van der Waals surface area contributed by atoms with E-state index in [0.29, 0.717) is 17.3 Å². The van der Waals surface area contributed by atoms with Crippen molar-refractivity contribution in [1.29, 1.82) is 0 Å². The van der Waals surface area contributed by atoms with Crippen LogP contribution in [0.4, 0.5) is 0 Å². The number of thiophene rings is 1. The van der Waals surface area contributed by atoms with Crippen LogP contribution < -0.4 is 5.73 Å². The zero-order chi connectivity index (χ0) is 13.9. The van der Waals surface area contributed by atoms with Crippen molar-refractivity contribution >= 4 is 21.4 Å². The van der Waals surface area contributed by atoms with Crippen LogP contribution in [0.15, 0.2) is 10.3 Å². The van der Waals surface area contributed by atoms with Crippen LogP contribution in [0.3, 0.4) is 0 Å². The summed E-state index contributed by atoms with van der Waals surface area (Å²) >= 11 is 1.28. The van der Waals surface area contributed by atoms with E-state index in [1.165, 1.54) is 11.3 Å². The van der Waals surface area contributed by atoms with Crippen LogP contribution in [-0.4, -0.2) is 25.3 Å². The number of sulfonamides is 1. The molecule has 0 aliphatic rings. The van der Waals surface area contributed by atoms with Crippen molar-refractivity contribution in [3.05, 3.63) is 16.5 Å². The van der Waals surface area contributed by atoms with E-state index in [0.717, 1.165) is 16.9 Å². The minimum atomic E-state index is -3.38. The molecule has 0 amide bonds. The average molecular weight is 290 g/mol. The molecular formula is C12H22N2O2S2. The van der Waals surface area contributed by atoms with Crippen LogP contribution in [0.2, 0.25) is 0 Å². The molecule has 0 saturated heterocycles. The van der Waals surface area contributed by atoms with E-state index in [9.17, 15) is 8.42 Å². The fourth-order valence-corrected chi connectivity index (χ4v) is 5.17. The van der Waals surface area contributed by atoms with Crippen LogP contribution in [0.1, 0.15) is 37.6 Å². The van der Waals surface area contributed by atoms with Gasteiger partial charge < -0.3 is 5.73 Å². The molecule has 0 fully saturated rings. The maximum atomic E-state index is 12.5. The summed E-state index contributed by atoms with van der Waals surface area (Å²) in [6.07, 6.45) is 0.807. The first-order valence-corrected chi connectivity index (χ1v) is 8.45. The molecule has 1 aromatic heterocycles. The first kappa shape index (κ1) is 15.6. The van der Waals surface area contributed by atoms with Crippen LogP contribution in [0, 0.1) is 6.92 Å². The van der Waals surface area contributed by atoms with Gasteiger partial charge >= 0.3 is 0 Å². The molecule has 0 radical (unpaired) electrons. The normalized spacial score (nSPS) is 14.1. The van der Waals surface area contributed by atoms with Gasteiger partial charge in [0.2, 0.25) is 0 Å². The van der Waals surface area contributed by atoms with Crippen molar-refractivity contribution in [3.63, 3.8) is 0 Å². The van der Waals surface area contributed by atoms with Crippen molar-refractivity contribution in [3.8, 4) is 0 Å². The summed E-state index contributed by atoms with van der Waals surface area (Å²) in [7, 11) is -3.38. The summed E-state index contributed by atoms with van der Waals surface area (Å²) in [5.74, 6) is 0. The second-order valence-electron chi connectivity index (χ2n) is 4.34. The van der Waals surface area contributed by atoms with E-state index in [-0.39, 0.29) is 6.04 Å². The smallest absolute Gasteiger partial charge is 0.252 e. The molecular weight excluding hydrogens is 268 g/mol. The lowest BCUT2D eigenvalue weighted by molar-refractivity contribution is 0.343. The van der Waals surface area contributed by atoms with E-state index < -0.39 is 10.0 Å². The molecule has 1 aromatic rings. The van der Waals surface area contributed by atoms with Gasteiger partial charge in [-0.15, -0.1) is 11.3 Å². The van der Waals surface area contributed by atoms with Gasteiger partial charge in [0.15, 0.2) is 0 Å². The molecule has 1 heterocycles. The Morgan fingerprint density at radius 3 is 2.44 bits per heavy atom. The summed E-state index contributed by atoms with van der Waals surface area (Å²) in [6, 6.07) is 1.75. The van der Waals surface area contributed by atoms with Crippen LogP contribution in [0.5, 0.6) is 0 Å². The molecule has 6 heteroatoms. The van der Waals surface area contributed by atoms with Crippen molar-refractivity contribution < 1.29 is 8.42 Å². The zero-order valence-electron chi connectivity index (χ0n) is 11.4. The highest BCUT2D eigenvalue weighted by Gasteiger charge is 2.28. The van der Waals surface area contributed by atoms with E-state index >= 15 is 0 Å². The summed E-state index contributed by atoms with van der Waals surface area (Å²) in [5.41, 5.74) is 6.56.